The predicted octanol–water partition coefficient (Wildman–Crippen LogP) is 18.9. The zero-order valence-corrected chi connectivity index (χ0v) is 41.6. The Hall–Kier alpha value is -9.15. The summed E-state index contributed by atoms with van der Waals surface area (Å²) in [6, 6.07) is 101. The van der Waals surface area contributed by atoms with Gasteiger partial charge in [0.15, 0.2) is 0 Å². The van der Waals surface area contributed by atoms with Crippen LogP contribution in [-0.4, -0.2) is 0 Å². The van der Waals surface area contributed by atoms with Crippen LogP contribution in [0, 0.1) is 0 Å². The molecule has 2 spiro atoms. The number of ether oxygens (including phenoxy) is 1. The van der Waals surface area contributed by atoms with Crippen LogP contribution in [-0.2, 0) is 10.8 Å². The third kappa shape index (κ3) is 5.93. The Bertz CT molecular complexity index is 4220. The lowest BCUT2D eigenvalue weighted by molar-refractivity contribution is 0.436. The summed E-state index contributed by atoms with van der Waals surface area (Å²) >= 11 is 1.89. The summed E-state index contributed by atoms with van der Waals surface area (Å²) in [6.07, 6.45) is 0. The average molecular weight is 972 g/mol. The molecular weight excluding hydrogens is 927 g/mol. The Morgan fingerprint density at radius 2 is 0.773 bits per heavy atom. The second kappa shape index (κ2) is 16.2. The van der Waals surface area contributed by atoms with Gasteiger partial charge in [0.1, 0.15) is 11.5 Å². The molecule has 12 aromatic rings. The van der Waals surface area contributed by atoms with Crippen molar-refractivity contribution in [2.24, 2.45) is 0 Å². The van der Waals surface area contributed by atoms with E-state index in [1.807, 2.05) is 11.8 Å². The molecule has 0 amide bonds. The number of hydrogen-bond donors (Lipinski definition) is 0. The highest BCUT2D eigenvalue weighted by atomic mass is 32.2. The first-order valence-electron chi connectivity index (χ1n) is 25.9. The maximum absolute atomic E-state index is 6.74. The van der Waals surface area contributed by atoms with Crippen molar-refractivity contribution in [2.45, 2.75) is 20.6 Å². The van der Waals surface area contributed by atoms with E-state index in [2.05, 4.69) is 278 Å². The van der Waals surface area contributed by atoms with Crippen molar-refractivity contribution in [1.82, 2.24) is 0 Å². The molecule has 0 saturated carbocycles. The summed E-state index contributed by atoms with van der Waals surface area (Å²) in [7, 11) is 0. The fourth-order valence-corrected chi connectivity index (χ4v) is 14.7. The van der Waals surface area contributed by atoms with E-state index in [-0.39, 0.29) is 0 Å². The van der Waals surface area contributed by atoms with Crippen molar-refractivity contribution in [1.29, 1.82) is 0 Å². The molecule has 2 aliphatic heterocycles. The first-order chi connectivity index (χ1) is 37.2. The van der Waals surface area contributed by atoms with Gasteiger partial charge in [-0.05, 0) is 150 Å². The van der Waals surface area contributed by atoms with E-state index >= 15 is 0 Å². The van der Waals surface area contributed by atoms with Gasteiger partial charge in [-0.2, -0.15) is 0 Å². The van der Waals surface area contributed by atoms with Crippen molar-refractivity contribution in [2.75, 3.05) is 4.90 Å². The quantitative estimate of drug-likeness (QED) is 0.171. The minimum atomic E-state index is -0.600. The van der Waals surface area contributed by atoms with Crippen molar-refractivity contribution >= 4 is 39.6 Å². The lowest BCUT2D eigenvalue weighted by atomic mass is 9.66. The molecule has 2 aliphatic carbocycles. The Morgan fingerprint density at radius 1 is 0.293 bits per heavy atom. The van der Waals surface area contributed by atoms with Gasteiger partial charge in [-0.15, -0.1) is 0 Å². The maximum atomic E-state index is 6.74. The topological polar surface area (TPSA) is 12.5 Å². The van der Waals surface area contributed by atoms with E-state index in [1.165, 1.54) is 98.5 Å². The maximum Gasteiger partial charge on any atom is 0.132 e. The predicted molar refractivity (Wildman–Crippen MR) is 308 cm³/mol. The summed E-state index contributed by atoms with van der Waals surface area (Å²) in [5, 5.41) is 2.41. The third-order valence-electron chi connectivity index (χ3n) is 16.6. The largest absolute Gasteiger partial charge is 0.457 e. The number of nitrogens with zero attached hydrogens (tertiary/aromatic N) is 1. The van der Waals surface area contributed by atoms with Crippen LogP contribution in [0.4, 0.5) is 17.1 Å². The summed E-state index contributed by atoms with van der Waals surface area (Å²) in [5.74, 6) is 1.77. The minimum absolute atomic E-state index is 0.442. The standard InChI is InChI=1S/C72H45NOS/c1-2-17-46(18-3-1)47-33-35-48(36-34-47)49-37-40-52(41-38-49)73(65-28-16-27-63-70(65)55-20-5-7-22-58(55)71(63)59-23-8-12-29-66(59)74-67-30-13-9-24-60(67)71)53-42-39-50-45-64-56(44-51(50)43-53)54-19-4-6-21-57(54)72(64)61-25-10-14-31-68(61)75-69-32-15-11-26-62(69)72/h1-45H. The number of fused-ring (bicyclic) bond motifs is 19. The van der Waals surface area contributed by atoms with Crippen LogP contribution in [0.2, 0.25) is 0 Å². The third-order valence-corrected chi connectivity index (χ3v) is 17.7. The van der Waals surface area contributed by atoms with Gasteiger partial charge in [-0.3, -0.25) is 0 Å². The van der Waals surface area contributed by atoms with Gasteiger partial charge in [0.2, 0.25) is 0 Å². The monoisotopic (exact) mass is 971 g/mol. The lowest BCUT2D eigenvalue weighted by Crippen LogP contribution is -2.32. The van der Waals surface area contributed by atoms with E-state index in [4.69, 9.17) is 4.74 Å². The van der Waals surface area contributed by atoms with Crippen LogP contribution in [0.1, 0.15) is 44.5 Å². The van der Waals surface area contributed by atoms with E-state index in [0.29, 0.717) is 0 Å². The summed E-state index contributed by atoms with van der Waals surface area (Å²) < 4.78 is 6.74. The van der Waals surface area contributed by atoms with Gasteiger partial charge in [0, 0.05) is 37.9 Å². The molecule has 0 atom stereocenters. The Kier molecular flexibility index (Phi) is 9.14. The number of benzene rings is 12. The average Bonchev–Trinajstić information content (AvgIpc) is 3.94. The van der Waals surface area contributed by atoms with Crippen LogP contribution in [0.25, 0.3) is 55.3 Å². The van der Waals surface area contributed by atoms with E-state index < -0.39 is 10.8 Å². The fourth-order valence-electron chi connectivity index (χ4n) is 13.5. The highest BCUT2D eigenvalue weighted by Gasteiger charge is 2.53. The highest BCUT2D eigenvalue weighted by molar-refractivity contribution is 7.99. The van der Waals surface area contributed by atoms with E-state index in [1.54, 1.807) is 0 Å². The molecule has 0 bridgehead atoms. The van der Waals surface area contributed by atoms with Gasteiger partial charge in [-0.25, -0.2) is 0 Å². The van der Waals surface area contributed by atoms with Crippen molar-refractivity contribution in [3.05, 3.63) is 317 Å². The molecule has 3 heteroatoms. The van der Waals surface area contributed by atoms with Gasteiger partial charge >= 0.3 is 0 Å². The van der Waals surface area contributed by atoms with Crippen LogP contribution < -0.4 is 9.64 Å². The second-order valence-electron chi connectivity index (χ2n) is 20.2. The number of rotatable bonds is 5. The Balaban J connectivity index is 0.915. The van der Waals surface area contributed by atoms with Gasteiger partial charge < -0.3 is 9.64 Å². The molecule has 0 saturated heterocycles. The molecule has 12 aromatic carbocycles. The first-order valence-corrected chi connectivity index (χ1v) is 26.7. The van der Waals surface area contributed by atoms with Gasteiger partial charge in [0.25, 0.3) is 0 Å². The molecule has 16 rings (SSSR count). The fraction of sp³-hybridized carbons (Fsp3) is 0.0278. The smallest absolute Gasteiger partial charge is 0.132 e. The first kappa shape index (κ1) is 42.4. The molecule has 0 fully saturated rings. The summed E-state index contributed by atoms with van der Waals surface area (Å²) in [5.41, 5.74) is 22.2. The molecule has 0 unspecified atom stereocenters. The molecule has 4 aliphatic rings. The SMILES string of the molecule is c1ccc(-c2ccc(-c3ccc(N(c4ccc5cc6c(cc5c4)-c4ccccc4C64c5ccccc5Sc5ccccc54)c4cccc5c4-c4ccccc4C54c5ccccc5Oc5ccccc54)cc3)cc2)cc1. The Labute approximate surface area is 440 Å². The van der Waals surface area contributed by atoms with Crippen LogP contribution in [0.3, 0.4) is 0 Å². The zero-order chi connectivity index (χ0) is 49.2. The number of hydrogen-bond acceptors (Lipinski definition) is 3. The van der Waals surface area contributed by atoms with Gasteiger partial charge in [0.05, 0.1) is 16.5 Å². The number of anilines is 3. The zero-order valence-electron chi connectivity index (χ0n) is 40.7. The minimum Gasteiger partial charge on any atom is -0.457 e. The summed E-state index contributed by atoms with van der Waals surface area (Å²) in [4.78, 5) is 5.12. The normalized spacial score (nSPS) is 14.1. The van der Waals surface area contributed by atoms with Crippen molar-refractivity contribution < 1.29 is 4.74 Å². The van der Waals surface area contributed by atoms with Crippen LogP contribution >= 0.6 is 11.8 Å². The second-order valence-corrected chi connectivity index (χ2v) is 21.3. The molecule has 350 valence electrons. The van der Waals surface area contributed by atoms with E-state index in [0.717, 1.165) is 39.7 Å². The molecule has 2 heterocycles. The summed E-state index contributed by atoms with van der Waals surface area (Å²) in [6.45, 7) is 0. The molecule has 0 aromatic heterocycles. The lowest BCUT2D eigenvalue weighted by Gasteiger charge is -2.39. The molecule has 75 heavy (non-hydrogen) atoms. The Morgan fingerprint density at radius 3 is 1.43 bits per heavy atom. The van der Waals surface area contributed by atoms with E-state index in [9.17, 15) is 0 Å². The van der Waals surface area contributed by atoms with Crippen LogP contribution in [0.5, 0.6) is 11.5 Å². The van der Waals surface area contributed by atoms with Crippen molar-refractivity contribution in [3.8, 4) is 56.0 Å². The molecule has 2 nitrogen and oxygen atoms in total. The van der Waals surface area contributed by atoms with Crippen LogP contribution in [0.15, 0.2) is 283 Å². The van der Waals surface area contributed by atoms with Gasteiger partial charge in [-0.1, -0.05) is 218 Å². The highest BCUT2D eigenvalue weighted by Crippen LogP contribution is 2.65. The van der Waals surface area contributed by atoms with Crippen molar-refractivity contribution in [3.63, 3.8) is 0 Å². The molecular formula is C72H45NOS. The molecule has 0 radical (unpaired) electrons. The molecule has 0 N–H and O–H groups in total. The number of para-hydroxylation sites is 2.